The number of aryl methyl sites for hydroxylation is 1. The number of halogens is 1. The number of para-hydroxylation sites is 1. The Labute approximate surface area is 142 Å². The largest absolute Gasteiger partial charge is 0.494 e. The molecule has 0 unspecified atom stereocenters. The zero-order chi connectivity index (χ0) is 17.5. The maximum atomic E-state index is 13.4. The highest BCUT2D eigenvalue weighted by Crippen LogP contribution is 2.23. The molecule has 0 spiro atoms. The van der Waals surface area contributed by atoms with Gasteiger partial charge >= 0.3 is 0 Å². The molecule has 0 saturated carbocycles. The number of carbonyl (C=O) groups is 1. The molecular weight excluding hydrogens is 305 g/mol. The van der Waals surface area contributed by atoms with Gasteiger partial charge in [0, 0.05) is 6.42 Å². The molecule has 0 saturated heterocycles. The summed E-state index contributed by atoms with van der Waals surface area (Å²) in [5.41, 5.74) is 2.73. The maximum absolute atomic E-state index is 13.4. The first kappa shape index (κ1) is 18.0. The van der Waals surface area contributed by atoms with Crippen LogP contribution in [0.15, 0.2) is 42.5 Å². The van der Waals surface area contributed by atoms with E-state index in [1.165, 1.54) is 17.2 Å². The normalized spacial score (nSPS) is 10.7. The highest BCUT2D eigenvalue weighted by molar-refractivity contribution is 5.90. The van der Waals surface area contributed by atoms with Crippen molar-refractivity contribution in [1.82, 2.24) is 0 Å². The number of hydrogen-bond acceptors (Lipinski definition) is 2. The van der Waals surface area contributed by atoms with Crippen LogP contribution in [-0.2, 0) is 4.79 Å². The van der Waals surface area contributed by atoms with E-state index in [4.69, 9.17) is 4.74 Å². The van der Waals surface area contributed by atoms with E-state index in [1.54, 1.807) is 18.2 Å². The third kappa shape index (κ3) is 5.08. The first-order chi connectivity index (χ1) is 11.5. The lowest BCUT2D eigenvalue weighted by atomic mass is 9.98. The van der Waals surface area contributed by atoms with Crippen molar-refractivity contribution < 1.29 is 13.9 Å². The van der Waals surface area contributed by atoms with Gasteiger partial charge in [0.05, 0.1) is 12.3 Å². The minimum Gasteiger partial charge on any atom is -0.494 e. The Kier molecular flexibility index (Phi) is 6.36. The molecule has 0 bridgehead atoms. The summed E-state index contributed by atoms with van der Waals surface area (Å²) in [6.45, 7) is 6.85. The third-order valence-electron chi connectivity index (χ3n) is 3.83. The van der Waals surface area contributed by atoms with Crippen LogP contribution >= 0.6 is 0 Å². The molecular formula is C20H24FNO2. The quantitative estimate of drug-likeness (QED) is 0.721. The first-order valence-electron chi connectivity index (χ1n) is 8.25. The molecule has 2 rings (SSSR count). The molecule has 0 radical (unpaired) electrons. The van der Waals surface area contributed by atoms with E-state index in [0.717, 1.165) is 5.75 Å². The minimum absolute atomic E-state index is 0.211. The van der Waals surface area contributed by atoms with E-state index in [0.29, 0.717) is 18.9 Å². The van der Waals surface area contributed by atoms with Crippen LogP contribution in [0.5, 0.6) is 5.75 Å². The Hall–Kier alpha value is -2.36. The molecule has 24 heavy (non-hydrogen) atoms. The zero-order valence-corrected chi connectivity index (χ0v) is 14.4. The van der Waals surface area contributed by atoms with Gasteiger partial charge in [-0.15, -0.1) is 0 Å². The van der Waals surface area contributed by atoms with Gasteiger partial charge in [0.1, 0.15) is 11.6 Å². The number of hydrogen-bond donors (Lipinski definition) is 1. The van der Waals surface area contributed by atoms with Crippen molar-refractivity contribution in [1.29, 1.82) is 0 Å². The van der Waals surface area contributed by atoms with Crippen LogP contribution in [0.2, 0.25) is 0 Å². The summed E-state index contributed by atoms with van der Waals surface area (Å²) in [4.78, 5) is 11.8. The van der Waals surface area contributed by atoms with Crippen LogP contribution in [0.25, 0.3) is 0 Å². The molecule has 0 aliphatic rings. The van der Waals surface area contributed by atoms with Crippen molar-refractivity contribution in [2.75, 3.05) is 11.9 Å². The SMILES string of the molecule is Cc1cc(OCCCC(=O)Nc2ccccc2F)ccc1C(C)C. The van der Waals surface area contributed by atoms with E-state index < -0.39 is 5.82 Å². The molecule has 1 N–H and O–H groups in total. The van der Waals surface area contributed by atoms with Crippen molar-refractivity contribution in [2.45, 2.75) is 39.5 Å². The first-order valence-corrected chi connectivity index (χ1v) is 8.25. The highest BCUT2D eigenvalue weighted by atomic mass is 19.1. The lowest BCUT2D eigenvalue weighted by Crippen LogP contribution is -2.13. The summed E-state index contributed by atoms with van der Waals surface area (Å²) in [6.07, 6.45) is 0.864. The van der Waals surface area contributed by atoms with Crippen LogP contribution in [0.1, 0.15) is 43.7 Å². The number of benzene rings is 2. The molecule has 0 aliphatic carbocycles. The fourth-order valence-corrected chi connectivity index (χ4v) is 2.58. The number of nitrogens with one attached hydrogen (secondary N) is 1. The van der Waals surface area contributed by atoms with Gasteiger partial charge in [-0.1, -0.05) is 32.0 Å². The van der Waals surface area contributed by atoms with Crippen molar-refractivity contribution in [3.05, 3.63) is 59.4 Å². The predicted octanol–water partition coefficient (Wildman–Crippen LogP) is 5.06. The topological polar surface area (TPSA) is 38.3 Å². The monoisotopic (exact) mass is 329 g/mol. The van der Waals surface area contributed by atoms with Crippen molar-refractivity contribution >= 4 is 11.6 Å². The summed E-state index contributed by atoms with van der Waals surface area (Å²) in [5.74, 6) is 0.658. The standard InChI is InChI=1S/C20H24FNO2/c1-14(2)17-11-10-16(13-15(17)3)24-12-6-9-20(23)22-19-8-5-4-7-18(19)21/h4-5,7-8,10-11,13-14H,6,9,12H2,1-3H3,(H,22,23). The van der Waals surface area contributed by atoms with E-state index in [9.17, 15) is 9.18 Å². The number of ether oxygens (including phenoxy) is 1. The summed E-state index contributed by atoms with van der Waals surface area (Å²) in [5, 5.41) is 2.57. The molecule has 4 heteroatoms. The molecule has 1 amide bonds. The van der Waals surface area contributed by atoms with Gasteiger partial charge in [0.2, 0.25) is 5.91 Å². The molecule has 0 heterocycles. The summed E-state index contributed by atoms with van der Waals surface area (Å²) >= 11 is 0. The molecule has 0 aliphatic heterocycles. The average Bonchev–Trinajstić information content (AvgIpc) is 2.53. The average molecular weight is 329 g/mol. The number of anilines is 1. The Morgan fingerprint density at radius 3 is 2.62 bits per heavy atom. The fourth-order valence-electron chi connectivity index (χ4n) is 2.58. The summed E-state index contributed by atoms with van der Waals surface area (Å²) < 4.78 is 19.1. The zero-order valence-electron chi connectivity index (χ0n) is 14.4. The van der Waals surface area contributed by atoms with Crippen LogP contribution in [-0.4, -0.2) is 12.5 Å². The lowest BCUT2D eigenvalue weighted by molar-refractivity contribution is -0.116. The van der Waals surface area contributed by atoms with E-state index in [2.05, 4.69) is 32.2 Å². The predicted molar refractivity (Wildman–Crippen MR) is 95.0 cm³/mol. The molecule has 2 aromatic rings. The minimum atomic E-state index is -0.428. The van der Waals surface area contributed by atoms with Gasteiger partial charge in [0.15, 0.2) is 0 Å². The third-order valence-corrected chi connectivity index (χ3v) is 3.83. The highest BCUT2D eigenvalue weighted by Gasteiger charge is 2.07. The Balaban J connectivity index is 1.76. The molecule has 3 nitrogen and oxygen atoms in total. The van der Waals surface area contributed by atoms with Crippen LogP contribution in [0, 0.1) is 12.7 Å². The smallest absolute Gasteiger partial charge is 0.224 e. The Bertz CT molecular complexity index is 698. The molecule has 128 valence electrons. The van der Waals surface area contributed by atoms with E-state index in [1.807, 2.05) is 12.1 Å². The van der Waals surface area contributed by atoms with E-state index >= 15 is 0 Å². The maximum Gasteiger partial charge on any atom is 0.224 e. The second-order valence-corrected chi connectivity index (χ2v) is 6.15. The van der Waals surface area contributed by atoms with E-state index in [-0.39, 0.29) is 18.0 Å². The second kappa shape index (κ2) is 8.48. The lowest BCUT2D eigenvalue weighted by Gasteiger charge is -2.12. The summed E-state index contributed by atoms with van der Waals surface area (Å²) in [7, 11) is 0. The fraction of sp³-hybridized carbons (Fsp3) is 0.350. The number of amides is 1. The van der Waals surface area contributed by atoms with Gasteiger partial charge in [0.25, 0.3) is 0 Å². The van der Waals surface area contributed by atoms with Crippen LogP contribution < -0.4 is 10.1 Å². The van der Waals surface area contributed by atoms with Crippen molar-refractivity contribution in [3.8, 4) is 5.75 Å². The van der Waals surface area contributed by atoms with Crippen molar-refractivity contribution in [2.24, 2.45) is 0 Å². The molecule has 2 aromatic carbocycles. The van der Waals surface area contributed by atoms with Gasteiger partial charge in [-0.2, -0.15) is 0 Å². The second-order valence-electron chi connectivity index (χ2n) is 6.15. The van der Waals surface area contributed by atoms with Crippen LogP contribution in [0.4, 0.5) is 10.1 Å². The Morgan fingerprint density at radius 2 is 1.96 bits per heavy atom. The van der Waals surface area contributed by atoms with Crippen molar-refractivity contribution in [3.63, 3.8) is 0 Å². The van der Waals surface area contributed by atoms with Gasteiger partial charge in [-0.25, -0.2) is 4.39 Å². The van der Waals surface area contributed by atoms with Crippen LogP contribution in [0.3, 0.4) is 0 Å². The van der Waals surface area contributed by atoms with Gasteiger partial charge in [-0.3, -0.25) is 4.79 Å². The molecule has 0 aromatic heterocycles. The summed E-state index contributed by atoms with van der Waals surface area (Å²) in [6, 6.07) is 12.2. The molecule has 0 fully saturated rings. The number of carbonyl (C=O) groups excluding carboxylic acids is 1. The van der Waals surface area contributed by atoms with Gasteiger partial charge < -0.3 is 10.1 Å². The Morgan fingerprint density at radius 1 is 1.21 bits per heavy atom. The molecule has 0 atom stereocenters. The van der Waals surface area contributed by atoms with Gasteiger partial charge in [-0.05, 0) is 54.7 Å². The number of rotatable bonds is 7.